The Morgan fingerprint density at radius 3 is 2.94 bits per heavy atom. The van der Waals surface area contributed by atoms with E-state index in [1.165, 1.54) is 6.33 Å². The Hall–Kier alpha value is -1.27. The fourth-order valence-corrected chi connectivity index (χ4v) is 1.18. The van der Waals surface area contributed by atoms with E-state index in [1.54, 1.807) is 0 Å². The molecule has 1 aromatic heterocycles. The summed E-state index contributed by atoms with van der Waals surface area (Å²) in [6, 6.07) is 0. The molecule has 2 N–H and O–H groups in total. The number of aliphatic hydroxyl groups excluding tert-OH is 1. The van der Waals surface area contributed by atoms with E-state index >= 15 is 0 Å². The first-order valence-corrected chi connectivity index (χ1v) is 5.21. The molecule has 0 aromatic carbocycles. The molecule has 0 atom stereocenters. The first kappa shape index (κ1) is 12.8. The molecule has 0 saturated heterocycles. The van der Waals surface area contributed by atoms with Crippen molar-refractivity contribution in [2.45, 2.75) is 13.3 Å². The maximum absolute atomic E-state index is 13.6. The number of aryl methyl sites for hydroxylation is 1. The van der Waals surface area contributed by atoms with Gasteiger partial charge in [-0.1, -0.05) is 6.92 Å². The van der Waals surface area contributed by atoms with Crippen molar-refractivity contribution in [2.75, 3.05) is 31.7 Å². The highest BCUT2D eigenvalue weighted by atomic mass is 19.1. The van der Waals surface area contributed by atoms with Gasteiger partial charge in [-0.25, -0.2) is 14.4 Å². The van der Waals surface area contributed by atoms with Gasteiger partial charge in [-0.2, -0.15) is 0 Å². The lowest BCUT2D eigenvalue weighted by Gasteiger charge is -2.08. The average Bonchev–Trinajstić information content (AvgIpc) is 2.31. The normalized spacial score (nSPS) is 10.4. The molecular formula is C10H16FN3O2. The maximum atomic E-state index is 13.6. The first-order chi connectivity index (χ1) is 7.79. The zero-order valence-electron chi connectivity index (χ0n) is 9.24. The van der Waals surface area contributed by atoms with E-state index in [0.29, 0.717) is 25.3 Å². The van der Waals surface area contributed by atoms with Gasteiger partial charge in [0.25, 0.3) is 0 Å². The van der Waals surface area contributed by atoms with E-state index in [2.05, 4.69) is 15.3 Å². The Morgan fingerprint density at radius 2 is 2.25 bits per heavy atom. The largest absolute Gasteiger partial charge is 0.394 e. The van der Waals surface area contributed by atoms with Crippen LogP contribution < -0.4 is 5.32 Å². The molecule has 0 aliphatic carbocycles. The number of hydrogen-bond acceptors (Lipinski definition) is 5. The van der Waals surface area contributed by atoms with Crippen LogP contribution in [0.3, 0.4) is 0 Å². The molecule has 16 heavy (non-hydrogen) atoms. The summed E-state index contributed by atoms with van der Waals surface area (Å²) in [7, 11) is 0. The Labute approximate surface area is 93.7 Å². The van der Waals surface area contributed by atoms with Crippen LogP contribution in [0.25, 0.3) is 0 Å². The van der Waals surface area contributed by atoms with Crippen molar-refractivity contribution in [1.29, 1.82) is 0 Å². The Morgan fingerprint density at radius 1 is 1.44 bits per heavy atom. The smallest absolute Gasteiger partial charge is 0.186 e. The summed E-state index contributed by atoms with van der Waals surface area (Å²) in [5.74, 6) is -0.216. The molecule has 0 unspecified atom stereocenters. The van der Waals surface area contributed by atoms with Crippen LogP contribution in [0.4, 0.5) is 10.2 Å². The molecule has 6 heteroatoms. The standard InChI is InChI=1S/C10H16FN3O2/c1-2-8-9(11)10(14-7-13-8)12-3-5-16-6-4-15/h7,15H,2-6H2,1H3,(H,12,13,14). The Kier molecular flexibility index (Phi) is 5.66. The van der Waals surface area contributed by atoms with Gasteiger partial charge in [0.2, 0.25) is 0 Å². The van der Waals surface area contributed by atoms with E-state index in [9.17, 15) is 4.39 Å². The van der Waals surface area contributed by atoms with Gasteiger partial charge in [-0.15, -0.1) is 0 Å². The molecular weight excluding hydrogens is 213 g/mol. The zero-order chi connectivity index (χ0) is 11.8. The molecule has 1 aromatic rings. The highest BCUT2D eigenvalue weighted by Crippen LogP contribution is 2.12. The Bertz CT molecular complexity index is 323. The number of rotatable bonds is 7. The first-order valence-electron chi connectivity index (χ1n) is 5.21. The third-order valence-electron chi connectivity index (χ3n) is 1.97. The molecule has 0 bridgehead atoms. The van der Waals surface area contributed by atoms with E-state index < -0.39 is 5.82 Å². The number of aliphatic hydroxyl groups is 1. The molecule has 1 rings (SSSR count). The lowest BCUT2D eigenvalue weighted by Crippen LogP contribution is -2.14. The number of aromatic nitrogens is 2. The van der Waals surface area contributed by atoms with Gasteiger partial charge >= 0.3 is 0 Å². The quantitative estimate of drug-likeness (QED) is 0.670. The second kappa shape index (κ2) is 7.08. The van der Waals surface area contributed by atoms with Gasteiger partial charge in [-0.05, 0) is 6.42 Å². The van der Waals surface area contributed by atoms with E-state index in [4.69, 9.17) is 9.84 Å². The predicted molar refractivity (Wildman–Crippen MR) is 57.8 cm³/mol. The van der Waals surface area contributed by atoms with Gasteiger partial charge in [0, 0.05) is 6.54 Å². The molecule has 5 nitrogen and oxygen atoms in total. The van der Waals surface area contributed by atoms with Crippen LogP contribution in [0.2, 0.25) is 0 Å². The van der Waals surface area contributed by atoms with Crippen molar-refractivity contribution >= 4 is 5.82 Å². The molecule has 0 aliphatic rings. The molecule has 0 fully saturated rings. The summed E-state index contributed by atoms with van der Waals surface area (Å²) in [5, 5.41) is 11.3. The lowest BCUT2D eigenvalue weighted by molar-refractivity contribution is 0.0991. The summed E-state index contributed by atoms with van der Waals surface area (Å²) in [5.41, 5.74) is 0.397. The van der Waals surface area contributed by atoms with Crippen LogP contribution in [0.15, 0.2) is 6.33 Å². The number of nitrogens with one attached hydrogen (secondary N) is 1. The van der Waals surface area contributed by atoms with E-state index in [-0.39, 0.29) is 19.0 Å². The van der Waals surface area contributed by atoms with Crippen molar-refractivity contribution in [3.63, 3.8) is 0 Å². The SMILES string of the molecule is CCc1ncnc(NCCOCCO)c1F. The van der Waals surface area contributed by atoms with Crippen LogP contribution in [0, 0.1) is 5.82 Å². The number of anilines is 1. The van der Waals surface area contributed by atoms with Gasteiger partial charge in [0.05, 0.1) is 25.5 Å². The number of hydrogen-bond donors (Lipinski definition) is 2. The van der Waals surface area contributed by atoms with Crippen molar-refractivity contribution < 1.29 is 14.2 Å². The van der Waals surface area contributed by atoms with Crippen LogP contribution in [0.5, 0.6) is 0 Å². The minimum atomic E-state index is -0.410. The van der Waals surface area contributed by atoms with Crippen molar-refractivity contribution in [1.82, 2.24) is 9.97 Å². The van der Waals surface area contributed by atoms with Gasteiger partial charge in [-0.3, -0.25) is 0 Å². The van der Waals surface area contributed by atoms with Gasteiger partial charge < -0.3 is 15.2 Å². The highest BCUT2D eigenvalue weighted by Gasteiger charge is 2.08. The van der Waals surface area contributed by atoms with Crippen molar-refractivity contribution in [3.05, 3.63) is 17.8 Å². The van der Waals surface area contributed by atoms with Gasteiger partial charge in [0.15, 0.2) is 11.6 Å². The summed E-state index contributed by atoms with van der Waals surface area (Å²) in [4.78, 5) is 7.63. The third-order valence-corrected chi connectivity index (χ3v) is 1.97. The topological polar surface area (TPSA) is 67.3 Å². The molecule has 1 heterocycles. The van der Waals surface area contributed by atoms with Crippen molar-refractivity contribution in [3.8, 4) is 0 Å². The fraction of sp³-hybridized carbons (Fsp3) is 0.600. The van der Waals surface area contributed by atoms with Gasteiger partial charge in [0.1, 0.15) is 6.33 Å². The monoisotopic (exact) mass is 229 g/mol. The minimum absolute atomic E-state index is 0.0121. The van der Waals surface area contributed by atoms with E-state index in [0.717, 1.165) is 0 Å². The second-order valence-corrected chi connectivity index (χ2v) is 3.10. The average molecular weight is 229 g/mol. The second-order valence-electron chi connectivity index (χ2n) is 3.10. The zero-order valence-corrected chi connectivity index (χ0v) is 9.24. The van der Waals surface area contributed by atoms with Crippen LogP contribution in [-0.2, 0) is 11.2 Å². The minimum Gasteiger partial charge on any atom is -0.394 e. The number of nitrogens with zero attached hydrogens (tertiary/aromatic N) is 2. The van der Waals surface area contributed by atoms with Crippen LogP contribution >= 0.6 is 0 Å². The van der Waals surface area contributed by atoms with E-state index in [1.807, 2.05) is 6.92 Å². The van der Waals surface area contributed by atoms with Crippen LogP contribution in [-0.4, -0.2) is 41.4 Å². The highest BCUT2D eigenvalue weighted by molar-refractivity contribution is 5.37. The summed E-state index contributed by atoms with van der Waals surface area (Å²) >= 11 is 0. The molecule has 0 radical (unpaired) electrons. The van der Waals surface area contributed by atoms with Crippen LogP contribution in [0.1, 0.15) is 12.6 Å². The summed E-state index contributed by atoms with van der Waals surface area (Å²) < 4.78 is 18.6. The summed E-state index contributed by atoms with van der Waals surface area (Å²) in [6.07, 6.45) is 1.86. The van der Waals surface area contributed by atoms with Crippen molar-refractivity contribution in [2.24, 2.45) is 0 Å². The fourth-order valence-electron chi connectivity index (χ4n) is 1.18. The predicted octanol–water partition coefficient (Wildman–Crippen LogP) is 0.599. The molecule has 90 valence electrons. The third kappa shape index (κ3) is 3.71. The maximum Gasteiger partial charge on any atom is 0.186 e. The molecule has 0 spiro atoms. The molecule has 0 saturated carbocycles. The number of ether oxygens (including phenoxy) is 1. The lowest BCUT2D eigenvalue weighted by atomic mass is 10.3. The molecule has 0 amide bonds. The summed E-state index contributed by atoms with van der Waals surface area (Å²) in [6.45, 7) is 2.94. The molecule has 0 aliphatic heterocycles. The number of halogens is 1. The Balaban J connectivity index is 2.41.